The van der Waals surface area contributed by atoms with Crippen LogP contribution in [0, 0.1) is 0 Å². The molecule has 102 valence electrons. The minimum absolute atomic E-state index is 0.0436. The third-order valence-corrected chi connectivity index (χ3v) is 3.44. The monoisotopic (exact) mass is 284 g/mol. The number of nitrogens with zero attached hydrogens (tertiary/aromatic N) is 1. The zero-order valence-corrected chi connectivity index (χ0v) is 10.7. The molecule has 1 aromatic rings. The fourth-order valence-corrected chi connectivity index (χ4v) is 2.20. The van der Waals surface area contributed by atoms with Gasteiger partial charge in [-0.25, -0.2) is 0 Å². The predicted octanol–water partition coefficient (Wildman–Crippen LogP) is 0.674. The number of carboxylic acid groups (broad SMARTS) is 1. The van der Waals surface area contributed by atoms with E-state index in [0.29, 0.717) is 5.02 Å². The number of phenolic OH excluding ortho intramolecular Hbond substituents is 1. The van der Waals surface area contributed by atoms with Crippen LogP contribution in [0.2, 0.25) is 5.02 Å². The number of rotatable bonds is 2. The Morgan fingerprint density at radius 2 is 2.11 bits per heavy atom. The molecule has 6 nitrogen and oxygen atoms in total. The third-order valence-electron chi connectivity index (χ3n) is 3.20. The first kappa shape index (κ1) is 13.6. The van der Waals surface area contributed by atoms with Crippen molar-refractivity contribution in [2.24, 2.45) is 5.73 Å². The standard InChI is InChI=1S/C12H13ClN2O4/c13-7-1-2-9(16)8(5-7)10(17)15-4-3-12(14,6-15)11(18)19/h1-2,5,16H,3-4,6,14H2,(H,18,19). The highest BCUT2D eigenvalue weighted by molar-refractivity contribution is 6.31. The molecule has 1 atom stereocenters. The Kier molecular flexibility index (Phi) is 3.38. The van der Waals surface area contributed by atoms with Crippen molar-refractivity contribution in [3.8, 4) is 5.75 Å². The van der Waals surface area contributed by atoms with Gasteiger partial charge in [-0.3, -0.25) is 9.59 Å². The van der Waals surface area contributed by atoms with Crippen molar-refractivity contribution in [3.05, 3.63) is 28.8 Å². The average molecular weight is 285 g/mol. The van der Waals surface area contributed by atoms with Gasteiger partial charge in [0, 0.05) is 18.1 Å². The second kappa shape index (κ2) is 4.71. The molecule has 0 aliphatic carbocycles. The van der Waals surface area contributed by atoms with Crippen molar-refractivity contribution in [2.45, 2.75) is 12.0 Å². The number of carboxylic acids is 1. The average Bonchev–Trinajstić information content (AvgIpc) is 2.76. The lowest BCUT2D eigenvalue weighted by atomic mass is 10.0. The van der Waals surface area contributed by atoms with Crippen LogP contribution in [0.4, 0.5) is 0 Å². The second-order valence-corrected chi connectivity index (χ2v) is 5.04. The van der Waals surface area contributed by atoms with E-state index >= 15 is 0 Å². The number of aromatic hydroxyl groups is 1. The number of benzene rings is 1. The van der Waals surface area contributed by atoms with E-state index in [1.807, 2.05) is 0 Å². The first-order chi connectivity index (χ1) is 8.83. The summed E-state index contributed by atoms with van der Waals surface area (Å²) in [6.45, 7) is 0.140. The summed E-state index contributed by atoms with van der Waals surface area (Å²) in [7, 11) is 0. The number of hydrogen-bond acceptors (Lipinski definition) is 4. The molecular formula is C12H13ClN2O4. The Morgan fingerprint density at radius 3 is 2.68 bits per heavy atom. The van der Waals surface area contributed by atoms with Gasteiger partial charge in [0.05, 0.1) is 5.56 Å². The summed E-state index contributed by atoms with van der Waals surface area (Å²) in [5, 5.41) is 19.0. The van der Waals surface area contributed by atoms with E-state index < -0.39 is 17.4 Å². The summed E-state index contributed by atoms with van der Waals surface area (Å²) < 4.78 is 0. The summed E-state index contributed by atoms with van der Waals surface area (Å²) in [6.07, 6.45) is 0.176. The molecule has 4 N–H and O–H groups in total. The third kappa shape index (κ3) is 2.50. The number of nitrogens with two attached hydrogens (primary N) is 1. The van der Waals surface area contributed by atoms with Gasteiger partial charge in [-0.1, -0.05) is 11.6 Å². The Hall–Kier alpha value is -1.79. The number of aliphatic carboxylic acids is 1. The van der Waals surface area contributed by atoms with Crippen molar-refractivity contribution >= 4 is 23.5 Å². The maximum absolute atomic E-state index is 12.2. The number of amides is 1. The Bertz CT molecular complexity index is 549. The van der Waals surface area contributed by atoms with Gasteiger partial charge in [0.2, 0.25) is 0 Å². The van der Waals surface area contributed by atoms with Crippen molar-refractivity contribution in [2.75, 3.05) is 13.1 Å². The highest BCUT2D eigenvalue weighted by atomic mass is 35.5. The lowest BCUT2D eigenvalue weighted by molar-refractivity contribution is -0.142. The summed E-state index contributed by atoms with van der Waals surface area (Å²) in [5.74, 6) is -1.81. The van der Waals surface area contributed by atoms with Crippen molar-refractivity contribution in [1.82, 2.24) is 4.90 Å². The first-order valence-electron chi connectivity index (χ1n) is 5.63. The van der Waals surface area contributed by atoms with E-state index in [0.717, 1.165) is 0 Å². The molecule has 1 fully saturated rings. The normalized spacial score (nSPS) is 22.5. The van der Waals surface area contributed by atoms with E-state index in [1.54, 1.807) is 0 Å². The molecule has 1 amide bonds. The Balaban J connectivity index is 2.22. The summed E-state index contributed by atoms with van der Waals surface area (Å²) in [5.41, 5.74) is 4.31. The number of hydrogen-bond donors (Lipinski definition) is 3. The van der Waals surface area contributed by atoms with Gasteiger partial charge in [0.1, 0.15) is 11.3 Å². The van der Waals surface area contributed by atoms with Crippen LogP contribution in [0.1, 0.15) is 16.8 Å². The highest BCUT2D eigenvalue weighted by Crippen LogP contribution is 2.26. The molecule has 1 saturated heterocycles. The highest BCUT2D eigenvalue weighted by Gasteiger charge is 2.43. The second-order valence-electron chi connectivity index (χ2n) is 4.60. The summed E-state index contributed by atoms with van der Waals surface area (Å²) >= 11 is 5.77. The molecule has 19 heavy (non-hydrogen) atoms. The fraction of sp³-hybridized carbons (Fsp3) is 0.333. The molecule has 0 spiro atoms. The largest absolute Gasteiger partial charge is 0.507 e. The van der Waals surface area contributed by atoms with Gasteiger partial charge in [-0.2, -0.15) is 0 Å². The van der Waals surface area contributed by atoms with Crippen LogP contribution in [-0.2, 0) is 4.79 Å². The van der Waals surface area contributed by atoms with Crippen LogP contribution in [0.15, 0.2) is 18.2 Å². The fourth-order valence-electron chi connectivity index (χ4n) is 2.03. The van der Waals surface area contributed by atoms with Gasteiger partial charge in [0.25, 0.3) is 5.91 Å². The lowest BCUT2D eigenvalue weighted by Crippen LogP contribution is -2.50. The van der Waals surface area contributed by atoms with E-state index in [4.69, 9.17) is 22.4 Å². The molecule has 0 aromatic heterocycles. The molecule has 0 radical (unpaired) electrons. The zero-order chi connectivity index (χ0) is 14.2. The number of halogens is 1. The SMILES string of the molecule is NC1(C(=O)O)CCN(C(=O)c2cc(Cl)ccc2O)C1. The zero-order valence-electron chi connectivity index (χ0n) is 9.97. The van der Waals surface area contributed by atoms with Gasteiger partial charge >= 0.3 is 5.97 Å². The van der Waals surface area contributed by atoms with Gasteiger partial charge in [-0.05, 0) is 24.6 Å². The topological polar surface area (TPSA) is 104 Å². The smallest absolute Gasteiger partial charge is 0.325 e. The van der Waals surface area contributed by atoms with Crippen LogP contribution in [0.3, 0.4) is 0 Å². The van der Waals surface area contributed by atoms with Gasteiger partial charge in [0.15, 0.2) is 0 Å². The van der Waals surface area contributed by atoms with Crippen LogP contribution in [0.25, 0.3) is 0 Å². The molecular weight excluding hydrogens is 272 g/mol. The molecule has 7 heteroatoms. The molecule has 1 aliphatic rings. The Morgan fingerprint density at radius 1 is 1.42 bits per heavy atom. The number of likely N-dealkylation sites (tertiary alicyclic amines) is 1. The molecule has 0 saturated carbocycles. The van der Waals surface area contributed by atoms with E-state index in [1.165, 1.54) is 23.1 Å². The maximum Gasteiger partial charge on any atom is 0.325 e. The maximum atomic E-state index is 12.2. The van der Waals surface area contributed by atoms with Crippen molar-refractivity contribution in [3.63, 3.8) is 0 Å². The number of carbonyl (C=O) groups excluding carboxylic acids is 1. The Labute approximate surface area is 114 Å². The van der Waals surface area contributed by atoms with Crippen molar-refractivity contribution < 1.29 is 19.8 Å². The van der Waals surface area contributed by atoms with Gasteiger partial charge in [-0.15, -0.1) is 0 Å². The van der Waals surface area contributed by atoms with E-state index in [-0.39, 0.29) is 30.8 Å². The first-order valence-corrected chi connectivity index (χ1v) is 6.01. The summed E-state index contributed by atoms with van der Waals surface area (Å²) in [4.78, 5) is 24.5. The predicted molar refractivity (Wildman–Crippen MR) is 68.2 cm³/mol. The lowest BCUT2D eigenvalue weighted by Gasteiger charge is -2.20. The molecule has 1 heterocycles. The molecule has 2 rings (SSSR count). The minimum Gasteiger partial charge on any atom is -0.507 e. The van der Waals surface area contributed by atoms with Crippen molar-refractivity contribution in [1.29, 1.82) is 0 Å². The van der Waals surface area contributed by atoms with E-state index in [2.05, 4.69) is 0 Å². The van der Waals surface area contributed by atoms with Crippen LogP contribution in [-0.4, -0.2) is 45.6 Å². The van der Waals surface area contributed by atoms with Crippen LogP contribution >= 0.6 is 11.6 Å². The number of phenols is 1. The van der Waals surface area contributed by atoms with Crippen LogP contribution < -0.4 is 5.73 Å². The molecule has 1 aromatic carbocycles. The van der Waals surface area contributed by atoms with Crippen LogP contribution in [0.5, 0.6) is 5.75 Å². The quantitative estimate of drug-likeness (QED) is 0.741. The van der Waals surface area contributed by atoms with Gasteiger partial charge < -0.3 is 20.8 Å². The number of carbonyl (C=O) groups is 2. The minimum atomic E-state index is -1.43. The molecule has 0 bridgehead atoms. The molecule has 1 unspecified atom stereocenters. The summed E-state index contributed by atoms with van der Waals surface area (Å²) in [6, 6.07) is 4.12. The molecule has 1 aliphatic heterocycles. The van der Waals surface area contributed by atoms with E-state index in [9.17, 15) is 14.7 Å².